The third-order valence-electron chi connectivity index (χ3n) is 11.1. The molecule has 5 heteroatoms. The molecule has 9 aromatic carbocycles. The van der Waals surface area contributed by atoms with Gasteiger partial charge in [0, 0.05) is 53.0 Å². The van der Waals surface area contributed by atoms with Gasteiger partial charge in [0.25, 0.3) is 0 Å². The van der Waals surface area contributed by atoms with Crippen LogP contribution in [0, 0.1) is 0 Å². The Labute approximate surface area is 325 Å². The van der Waals surface area contributed by atoms with Crippen molar-refractivity contribution in [3.05, 3.63) is 176 Å². The monoisotopic (exact) mass is 731 g/mol. The predicted molar refractivity (Wildman–Crippen MR) is 234 cm³/mol. The van der Waals surface area contributed by atoms with Crippen molar-refractivity contribution < 1.29 is 4.42 Å². The van der Waals surface area contributed by atoms with E-state index < -0.39 is 0 Å². The molecule has 260 valence electrons. The molecule has 3 heterocycles. The Balaban J connectivity index is 1.09. The van der Waals surface area contributed by atoms with Crippen LogP contribution < -0.4 is 0 Å². The minimum Gasteiger partial charge on any atom is -0.456 e. The maximum Gasteiger partial charge on any atom is 0.164 e. The Morgan fingerprint density at radius 2 is 0.982 bits per heavy atom. The number of fused-ring (bicyclic) bond motifs is 13. The van der Waals surface area contributed by atoms with Crippen LogP contribution in [0.2, 0.25) is 0 Å². The van der Waals surface area contributed by atoms with E-state index >= 15 is 0 Å². The zero-order valence-corrected chi connectivity index (χ0v) is 30.7. The van der Waals surface area contributed by atoms with Gasteiger partial charge in [-0.25, -0.2) is 15.0 Å². The van der Waals surface area contributed by atoms with Gasteiger partial charge in [-0.2, -0.15) is 0 Å². The second-order valence-corrected chi connectivity index (χ2v) is 15.4. The van der Waals surface area contributed by atoms with E-state index in [2.05, 4.69) is 140 Å². The molecule has 0 spiro atoms. The van der Waals surface area contributed by atoms with Gasteiger partial charge in [-0.1, -0.05) is 146 Å². The summed E-state index contributed by atoms with van der Waals surface area (Å²) in [6, 6.07) is 61.9. The number of furan rings is 1. The average molecular weight is 732 g/mol. The molecule has 4 nitrogen and oxygen atoms in total. The summed E-state index contributed by atoms with van der Waals surface area (Å²) in [5.74, 6) is 1.83. The van der Waals surface area contributed by atoms with E-state index in [4.69, 9.17) is 19.4 Å². The highest BCUT2D eigenvalue weighted by Crippen LogP contribution is 2.46. The van der Waals surface area contributed by atoms with Crippen LogP contribution in [0.1, 0.15) is 0 Å². The van der Waals surface area contributed by atoms with E-state index in [9.17, 15) is 0 Å². The van der Waals surface area contributed by atoms with Gasteiger partial charge in [0.2, 0.25) is 0 Å². The van der Waals surface area contributed by atoms with Gasteiger partial charge < -0.3 is 4.42 Å². The standard InChI is InChI=1S/C51H29N3OS/c1-2-12-30(13-3-1)31-14-10-15-33(28-31)49-52-50(54-51(53-49)41-20-11-22-43-46(41)38-18-6-8-21-42(38)55-43)34-25-26-35-32(29-34)24-27-40-45(35)36-16-4-5-17-37(36)47-39-19-7-9-23-44(39)56-48(40)47/h1-29H. The molecule has 0 bridgehead atoms. The Morgan fingerprint density at radius 3 is 1.84 bits per heavy atom. The van der Waals surface area contributed by atoms with Gasteiger partial charge in [-0.05, 0) is 68.4 Å². The van der Waals surface area contributed by atoms with Crippen molar-refractivity contribution in [3.63, 3.8) is 0 Å². The van der Waals surface area contributed by atoms with Crippen molar-refractivity contribution >= 4 is 85.8 Å². The number of hydrogen-bond acceptors (Lipinski definition) is 5. The lowest BCUT2D eigenvalue weighted by molar-refractivity contribution is 0.669. The van der Waals surface area contributed by atoms with Crippen molar-refractivity contribution in [1.29, 1.82) is 0 Å². The molecule has 0 aliphatic carbocycles. The summed E-state index contributed by atoms with van der Waals surface area (Å²) in [5.41, 5.74) is 6.64. The minimum atomic E-state index is 0.601. The number of thiophene rings is 1. The highest BCUT2D eigenvalue weighted by atomic mass is 32.1. The lowest BCUT2D eigenvalue weighted by atomic mass is 9.93. The van der Waals surface area contributed by atoms with E-state index in [0.717, 1.165) is 55.1 Å². The molecule has 12 aromatic rings. The van der Waals surface area contributed by atoms with Crippen molar-refractivity contribution in [3.8, 4) is 45.3 Å². The second kappa shape index (κ2) is 12.2. The summed E-state index contributed by atoms with van der Waals surface area (Å²) in [7, 11) is 0. The number of rotatable bonds is 4. The van der Waals surface area contributed by atoms with E-state index in [0.29, 0.717) is 17.5 Å². The molecule has 56 heavy (non-hydrogen) atoms. The van der Waals surface area contributed by atoms with Crippen LogP contribution in [0.4, 0.5) is 0 Å². The summed E-state index contributed by atoms with van der Waals surface area (Å²) < 4.78 is 8.94. The molecule has 0 saturated carbocycles. The molecule has 0 aliphatic rings. The maximum atomic E-state index is 6.30. The third kappa shape index (κ3) is 4.75. The summed E-state index contributed by atoms with van der Waals surface area (Å²) in [6.45, 7) is 0. The minimum absolute atomic E-state index is 0.601. The van der Waals surface area contributed by atoms with Crippen molar-refractivity contribution in [2.24, 2.45) is 0 Å². The summed E-state index contributed by atoms with van der Waals surface area (Å²) in [4.78, 5) is 15.6. The first-order chi connectivity index (χ1) is 27.7. The van der Waals surface area contributed by atoms with Crippen LogP contribution >= 0.6 is 11.3 Å². The Bertz CT molecular complexity index is 3550. The van der Waals surface area contributed by atoms with Gasteiger partial charge in [0.15, 0.2) is 17.5 Å². The molecule has 0 aliphatic heterocycles. The fourth-order valence-corrected chi connectivity index (χ4v) is 9.80. The normalized spacial score (nSPS) is 11.9. The lowest BCUT2D eigenvalue weighted by Crippen LogP contribution is -2.00. The molecule has 12 rings (SSSR count). The van der Waals surface area contributed by atoms with E-state index in [1.165, 1.54) is 47.1 Å². The summed E-state index contributed by atoms with van der Waals surface area (Å²) >= 11 is 1.88. The van der Waals surface area contributed by atoms with Crippen LogP contribution in [0.25, 0.3) is 120 Å². The van der Waals surface area contributed by atoms with Crippen LogP contribution in [0.5, 0.6) is 0 Å². The first kappa shape index (κ1) is 31.2. The molecule has 0 fully saturated rings. The molecular formula is C51H29N3OS. The summed E-state index contributed by atoms with van der Waals surface area (Å²) in [5, 5.41) is 12.1. The van der Waals surface area contributed by atoms with Crippen LogP contribution in [0.15, 0.2) is 180 Å². The molecule has 0 radical (unpaired) electrons. The zero-order valence-electron chi connectivity index (χ0n) is 29.9. The summed E-state index contributed by atoms with van der Waals surface area (Å²) in [6.07, 6.45) is 0. The number of benzene rings is 9. The van der Waals surface area contributed by atoms with E-state index in [1.54, 1.807) is 0 Å². The first-order valence-electron chi connectivity index (χ1n) is 18.8. The third-order valence-corrected chi connectivity index (χ3v) is 12.3. The van der Waals surface area contributed by atoms with Gasteiger partial charge in [0.1, 0.15) is 11.2 Å². The highest BCUT2D eigenvalue weighted by Gasteiger charge is 2.20. The Hall–Kier alpha value is -7.21. The van der Waals surface area contributed by atoms with E-state index in [-0.39, 0.29) is 0 Å². The largest absolute Gasteiger partial charge is 0.456 e. The molecule has 0 atom stereocenters. The smallest absolute Gasteiger partial charge is 0.164 e. The van der Waals surface area contributed by atoms with Gasteiger partial charge in [0.05, 0.1) is 0 Å². The molecule has 0 amide bonds. The van der Waals surface area contributed by atoms with Gasteiger partial charge in [-0.15, -0.1) is 11.3 Å². The highest BCUT2D eigenvalue weighted by molar-refractivity contribution is 7.27. The van der Waals surface area contributed by atoms with E-state index in [1.807, 2.05) is 47.7 Å². The topological polar surface area (TPSA) is 51.8 Å². The number of aromatic nitrogens is 3. The average Bonchev–Trinajstić information content (AvgIpc) is 3.86. The molecule has 3 aromatic heterocycles. The van der Waals surface area contributed by atoms with Crippen LogP contribution in [-0.4, -0.2) is 15.0 Å². The number of nitrogens with zero attached hydrogens (tertiary/aromatic N) is 3. The number of para-hydroxylation sites is 1. The fraction of sp³-hybridized carbons (Fsp3) is 0. The van der Waals surface area contributed by atoms with Gasteiger partial charge in [-0.3, -0.25) is 0 Å². The molecule has 0 unspecified atom stereocenters. The van der Waals surface area contributed by atoms with Gasteiger partial charge >= 0.3 is 0 Å². The maximum absolute atomic E-state index is 6.30. The Kier molecular flexibility index (Phi) is 6.76. The molecule has 0 saturated heterocycles. The second-order valence-electron chi connectivity index (χ2n) is 14.3. The zero-order chi connectivity index (χ0) is 36.7. The lowest BCUT2D eigenvalue weighted by Gasteiger charge is -2.13. The van der Waals surface area contributed by atoms with Crippen molar-refractivity contribution in [2.45, 2.75) is 0 Å². The fourth-order valence-electron chi connectivity index (χ4n) is 8.55. The molecular weight excluding hydrogens is 703 g/mol. The van der Waals surface area contributed by atoms with Crippen molar-refractivity contribution in [1.82, 2.24) is 15.0 Å². The first-order valence-corrected chi connectivity index (χ1v) is 19.6. The predicted octanol–water partition coefficient (Wildman–Crippen LogP) is 14.3. The number of hydrogen-bond donors (Lipinski definition) is 0. The van der Waals surface area contributed by atoms with Crippen LogP contribution in [0.3, 0.4) is 0 Å². The van der Waals surface area contributed by atoms with Crippen molar-refractivity contribution in [2.75, 3.05) is 0 Å². The SMILES string of the molecule is c1ccc(-c2cccc(-c3nc(-c4ccc5c(ccc6c7sc8ccccc8c7c7ccccc7c56)c4)nc(-c4cccc5oc6ccccc6c45)n3)c2)cc1. The Morgan fingerprint density at radius 1 is 0.357 bits per heavy atom. The quantitative estimate of drug-likeness (QED) is 0.169. The molecule has 0 N–H and O–H groups in total. The van der Waals surface area contributed by atoms with Crippen LogP contribution in [-0.2, 0) is 0 Å².